The summed E-state index contributed by atoms with van der Waals surface area (Å²) in [6, 6.07) is 8.52. The van der Waals surface area contributed by atoms with E-state index < -0.39 is 0 Å². The lowest BCUT2D eigenvalue weighted by Gasteiger charge is -2.53. The predicted molar refractivity (Wildman–Crippen MR) is 112 cm³/mol. The smallest absolute Gasteiger partial charge is 0.241 e. The Morgan fingerprint density at radius 3 is 2.65 bits per heavy atom. The van der Waals surface area contributed by atoms with E-state index in [2.05, 4.69) is 15.9 Å². The predicted octanol–water partition coefficient (Wildman–Crippen LogP) is 2.64. The van der Waals surface area contributed by atoms with Gasteiger partial charge in [0.2, 0.25) is 11.8 Å². The molecule has 3 saturated heterocycles. The number of hydrogen-bond acceptors (Lipinski definition) is 4. The molecule has 5 rings (SSSR count). The summed E-state index contributed by atoms with van der Waals surface area (Å²) in [6.07, 6.45) is 5.35. The molecule has 4 atom stereocenters. The number of rotatable bonds is 5. The van der Waals surface area contributed by atoms with Crippen LogP contribution in [0.5, 0.6) is 0 Å². The molecule has 4 fully saturated rings. The zero-order valence-electron chi connectivity index (χ0n) is 18.0. The number of halogens is 1. The van der Waals surface area contributed by atoms with Crippen molar-refractivity contribution in [2.75, 3.05) is 19.6 Å². The second-order valence-corrected chi connectivity index (χ2v) is 9.68. The zero-order chi connectivity index (χ0) is 21.8. The Labute approximate surface area is 182 Å². The summed E-state index contributed by atoms with van der Waals surface area (Å²) < 4.78 is 13.5. The molecule has 31 heavy (non-hydrogen) atoms. The van der Waals surface area contributed by atoms with Crippen LogP contribution >= 0.6 is 0 Å². The van der Waals surface area contributed by atoms with Crippen molar-refractivity contribution in [2.24, 2.45) is 5.92 Å². The first-order valence-corrected chi connectivity index (χ1v) is 11.5. The number of hydrogen-bond donors (Lipinski definition) is 0. The minimum absolute atomic E-state index is 0.0258. The lowest BCUT2D eigenvalue weighted by molar-refractivity contribution is -0.151. The zero-order valence-corrected chi connectivity index (χ0v) is 18.0. The summed E-state index contributed by atoms with van der Waals surface area (Å²) in [5.74, 6) is -0.313. The number of carbonyl (C=O) groups excluding carboxylic acids is 2. The van der Waals surface area contributed by atoms with Crippen LogP contribution in [0.3, 0.4) is 0 Å². The second-order valence-electron chi connectivity index (χ2n) is 9.68. The third kappa shape index (κ3) is 3.15. The van der Waals surface area contributed by atoms with Gasteiger partial charge < -0.3 is 9.80 Å². The van der Waals surface area contributed by atoms with E-state index in [9.17, 15) is 19.2 Å². The van der Waals surface area contributed by atoms with E-state index in [1.807, 2.05) is 19.1 Å². The van der Waals surface area contributed by atoms with Crippen molar-refractivity contribution >= 4 is 11.8 Å². The lowest BCUT2D eigenvalue weighted by atomic mass is 9.70. The lowest BCUT2D eigenvalue weighted by Crippen LogP contribution is -2.61. The highest BCUT2D eigenvalue weighted by Crippen LogP contribution is 2.52. The van der Waals surface area contributed by atoms with Gasteiger partial charge in [-0.1, -0.05) is 19.1 Å². The van der Waals surface area contributed by atoms with Gasteiger partial charge in [0.15, 0.2) is 0 Å². The summed E-state index contributed by atoms with van der Waals surface area (Å²) in [7, 11) is 0. The first kappa shape index (κ1) is 20.4. The van der Waals surface area contributed by atoms with Gasteiger partial charge in [-0.2, -0.15) is 5.26 Å². The van der Waals surface area contributed by atoms with Crippen LogP contribution in [-0.4, -0.2) is 64.3 Å². The highest BCUT2D eigenvalue weighted by molar-refractivity contribution is 5.87. The Morgan fingerprint density at radius 2 is 2.03 bits per heavy atom. The fourth-order valence-electron chi connectivity index (χ4n) is 6.24. The quantitative estimate of drug-likeness (QED) is 0.729. The van der Waals surface area contributed by atoms with E-state index in [0.29, 0.717) is 13.1 Å². The van der Waals surface area contributed by atoms with Crippen molar-refractivity contribution in [1.29, 1.82) is 5.26 Å². The van der Waals surface area contributed by atoms with Crippen LogP contribution in [0.4, 0.5) is 4.39 Å². The number of piperazine rings is 1. The van der Waals surface area contributed by atoms with E-state index in [0.717, 1.165) is 50.6 Å². The van der Waals surface area contributed by atoms with Crippen LogP contribution in [0.25, 0.3) is 0 Å². The summed E-state index contributed by atoms with van der Waals surface area (Å²) in [4.78, 5) is 32.3. The van der Waals surface area contributed by atoms with Gasteiger partial charge >= 0.3 is 0 Å². The van der Waals surface area contributed by atoms with Crippen molar-refractivity contribution in [1.82, 2.24) is 14.7 Å². The van der Waals surface area contributed by atoms with Gasteiger partial charge in [-0.15, -0.1) is 0 Å². The monoisotopic (exact) mass is 424 g/mol. The normalized spacial score (nSPS) is 30.4. The number of nitrogens with zero attached hydrogens (tertiary/aromatic N) is 4. The third-order valence-corrected chi connectivity index (χ3v) is 7.91. The topological polar surface area (TPSA) is 67.7 Å². The number of fused-ring (bicyclic) bond motifs is 2. The molecule has 2 amide bonds. The molecule has 3 heterocycles. The molecule has 7 heteroatoms. The van der Waals surface area contributed by atoms with Crippen LogP contribution in [0.2, 0.25) is 0 Å². The first-order valence-electron chi connectivity index (χ1n) is 11.5. The average molecular weight is 425 g/mol. The first-order chi connectivity index (χ1) is 14.9. The van der Waals surface area contributed by atoms with E-state index >= 15 is 0 Å². The molecule has 0 N–H and O–H groups in total. The number of likely N-dealkylation sites (tertiary alicyclic amines) is 3. The molecular weight excluding hydrogens is 395 g/mol. The Kier molecular flexibility index (Phi) is 5.01. The summed E-state index contributed by atoms with van der Waals surface area (Å²) >= 11 is 0. The molecule has 0 spiro atoms. The Balaban J connectivity index is 1.28. The van der Waals surface area contributed by atoms with Gasteiger partial charge in [-0.25, -0.2) is 4.39 Å². The van der Waals surface area contributed by atoms with E-state index in [1.54, 1.807) is 4.90 Å². The molecule has 164 valence electrons. The standard InChI is InChI=1S/C24H29FN4O2/c1-16(22(30)28-11-2-4-19(28)13-26)14-27-15-20-12-21(27)23(31)29(20)24(9-3-10-24)17-5-7-18(25)8-6-17/h5-8,16,19-21H,2-4,9-12,14-15H2,1H3/t16-,19-,20-,21-/m0/s1. The molecule has 0 unspecified atom stereocenters. The number of nitriles is 1. The number of benzene rings is 1. The third-order valence-electron chi connectivity index (χ3n) is 7.91. The number of carbonyl (C=O) groups is 2. The van der Waals surface area contributed by atoms with Crippen LogP contribution in [0.15, 0.2) is 24.3 Å². The highest BCUT2D eigenvalue weighted by atomic mass is 19.1. The SMILES string of the molecule is C[C@@H](CN1C[C@@H]2C[C@H]1C(=O)N2C1(c2ccc(F)cc2)CCC1)C(=O)N1CCC[C@H]1C#N. The molecule has 3 aliphatic heterocycles. The van der Waals surface area contributed by atoms with Crippen molar-refractivity contribution in [3.63, 3.8) is 0 Å². The molecule has 1 saturated carbocycles. The van der Waals surface area contributed by atoms with Gasteiger partial charge in [-0.3, -0.25) is 14.5 Å². The average Bonchev–Trinajstić information content (AvgIpc) is 3.43. The van der Waals surface area contributed by atoms with Crippen molar-refractivity contribution in [3.8, 4) is 6.07 Å². The fourth-order valence-corrected chi connectivity index (χ4v) is 6.24. The Bertz CT molecular complexity index is 923. The molecule has 4 aliphatic rings. The Morgan fingerprint density at radius 1 is 1.29 bits per heavy atom. The van der Waals surface area contributed by atoms with Gasteiger partial charge in [-0.05, 0) is 56.2 Å². The van der Waals surface area contributed by atoms with E-state index in [1.165, 1.54) is 12.1 Å². The fraction of sp³-hybridized carbons (Fsp3) is 0.625. The van der Waals surface area contributed by atoms with E-state index in [4.69, 9.17) is 0 Å². The summed E-state index contributed by atoms with van der Waals surface area (Å²) in [5, 5.41) is 9.29. The van der Waals surface area contributed by atoms with Gasteiger partial charge in [0.1, 0.15) is 11.9 Å². The number of amides is 2. The van der Waals surface area contributed by atoms with Gasteiger partial charge in [0.25, 0.3) is 0 Å². The van der Waals surface area contributed by atoms with Gasteiger partial charge in [0.05, 0.1) is 17.6 Å². The van der Waals surface area contributed by atoms with Crippen LogP contribution < -0.4 is 0 Å². The van der Waals surface area contributed by atoms with Crippen molar-refractivity contribution < 1.29 is 14.0 Å². The van der Waals surface area contributed by atoms with Gasteiger partial charge in [0, 0.05) is 31.6 Å². The molecule has 1 aromatic rings. The minimum atomic E-state index is -0.309. The molecular formula is C24H29FN4O2. The minimum Gasteiger partial charge on any atom is -0.327 e. The maximum atomic E-state index is 13.5. The van der Waals surface area contributed by atoms with E-state index in [-0.39, 0.29) is 47.2 Å². The maximum Gasteiger partial charge on any atom is 0.241 e. The molecule has 0 aromatic heterocycles. The highest BCUT2D eigenvalue weighted by Gasteiger charge is 2.58. The molecule has 0 radical (unpaired) electrons. The van der Waals surface area contributed by atoms with Crippen molar-refractivity contribution in [2.45, 2.75) is 69.1 Å². The van der Waals surface area contributed by atoms with Crippen LogP contribution in [-0.2, 0) is 15.1 Å². The molecule has 6 nitrogen and oxygen atoms in total. The van der Waals surface area contributed by atoms with Crippen molar-refractivity contribution in [3.05, 3.63) is 35.6 Å². The molecule has 1 aliphatic carbocycles. The summed E-state index contributed by atoms with van der Waals surface area (Å²) in [5.41, 5.74) is 0.737. The maximum absolute atomic E-state index is 13.5. The largest absolute Gasteiger partial charge is 0.327 e. The molecule has 2 bridgehead atoms. The Hall–Kier alpha value is -2.46. The second kappa shape index (κ2) is 7.59. The van der Waals surface area contributed by atoms with Crippen LogP contribution in [0.1, 0.15) is 51.0 Å². The molecule has 1 aromatic carbocycles. The van der Waals surface area contributed by atoms with Crippen LogP contribution in [0, 0.1) is 23.1 Å². The summed E-state index contributed by atoms with van der Waals surface area (Å²) in [6.45, 7) is 3.89.